The first kappa shape index (κ1) is 25.1. The second-order valence-electron chi connectivity index (χ2n) is 9.88. The van der Waals surface area contributed by atoms with Gasteiger partial charge >= 0.3 is 0 Å². The lowest BCUT2D eigenvalue weighted by molar-refractivity contribution is 0.452. The second kappa shape index (κ2) is 11.5. The van der Waals surface area contributed by atoms with Gasteiger partial charge in [-0.2, -0.15) is 0 Å². The molecule has 0 radical (unpaired) electrons. The van der Waals surface area contributed by atoms with Gasteiger partial charge in [-0.3, -0.25) is 9.97 Å². The lowest BCUT2D eigenvalue weighted by Gasteiger charge is -2.23. The monoisotopic (exact) mass is 446 g/mol. The molecule has 3 heteroatoms. The fourth-order valence-corrected chi connectivity index (χ4v) is 4.42. The molecule has 1 aromatic carbocycles. The number of nitrogens with zero attached hydrogens (tertiary/aromatic N) is 2. The molecule has 2 aromatic heterocycles. The lowest BCUT2D eigenvalue weighted by Crippen LogP contribution is -2.15. The van der Waals surface area contributed by atoms with Gasteiger partial charge in [0.05, 0.1) is 0 Å². The largest absolute Gasteiger partial charge is 0.258 e. The van der Waals surface area contributed by atoms with Crippen LogP contribution < -0.4 is 0 Å². The van der Waals surface area contributed by atoms with Crippen LogP contribution in [0.25, 0.3) is 0 Å². The third-order valence-electron chi connectivity index (χ3n) is 7.41. The number of pyridine rings is 2. The highest BCUT2D eigenvalue weighted by Gasteiger charge is 2.21. The zero-order valence-electron chi connectivity index (χ0n) is 21.1. The van der Waals surface area contributed by atoms with E-state index < -0.39 is 0 Å². The Labute approximate surface area is 199 Å². The molecule has 176 valence electrons. The van der Waals surface area contributed by atoms with Gasteiger partial charge in [0.25, 0.3) is 0 Å². The summed E-state index contributed by atoms with van der Waals surface area (Å²) in [7, 11) is 0. The maximum Gasteiger partial charge on any atom is 0.126 e. The third kappa shape index (κ3) is 6.50. The van der Waals surface area contributed by atoms with Gasteiger partial charge in [0, 0.05) is 28.7 Å². The second-order valence-corrected chi connectivity index (χ2v) is 9.88. The molecular formula is C30H39FN2. The minimum Gasteiger partial charge on any atom is -0.258 e. The van der Waals surface area contributed by atoms with Crippen LogP contribution in [0.3, 0.4) is 0 Å². The maximum absolute atomic E-state index is 14.2. The SMILES string of the molecule is CC[C@@H](C)c1cccc(CC(C)[C@H](C)c2cccc(CC(C)[C@@H](C)c3ccccc3F)n2)n1. The minimum atomic E-state index is -0.119. The minimum absolute atomic E-state index is 0.119. The fourth-order valence-electron chi connectivity index (χ4n) is 4.42. The van der Waals surface area contributed by atoms with Gasteiger partial charge in [0.2, 0.25) is 0 Å². The quantitative estimate of drug-likeness (QED) is 0.314. The summed E-state index contributed by atoms with van der Waals surface area (Å²) in [6.45, 7) is 13.3. The van der Waals surface area contributed by atoms with Crippen LogP contribution >= 0.6 is 0 Å². The van der Waals surface area contributed by atoms with E-state index >= 15 is 0 Å². The van der Waals surface area contributed by atoms with Crippen molar-refractivity contribution in [2.45, 2.75) is 78.6 Å². The zero-order valence-corrected chi connectivity index (χ0v) is 21.1. The number of hydrogen-bond donors (Lipinski definition) is 0. The molecule has 5 atom stereocenters. The number of halogens is 1. The first-order valence-corrected chi connectivity index (χ1v) is 12.5. The van der Waals surface area contributed by atoms with Gasteiger partial charge in [0.1, 0.15) is 5.82 Å². The van der Waals surface area contributed by atoms with Crippen molar-refractivity contribution in [2.24, 2.45) is 11.8 Å². The molecular weight excluding hydrogens is 407 g/mol. The van der Waals surface area contributed by atoms with E-state index in [1.807, 2.05) is 12.1 Å². The normalized spacial score (nSPS) is 16.1. The molecule has 2 nitrogen and oxygen atoms in total. The van der Waals surface area contributed by atoms with Crippen LogP contribution in [0.4, 0.5) is 4.39 Å². The summed E-state index contributed by atoms with van der Waals surface area (Å²) in [5.41, 5.74) is 5.35. The highest BCUT2D eigenvalue weighted by Crippen LogP contribution is 2.30. The summed E-state index contributed by atoms with van der Waals surface area (Å²) < 4.78 is 14.2. The van der Waals surface area contributed by atoms with E-state index in [0.29, 0.717) is 23.7 Å². The van der Waals surface area contributed by atoms with Crippen molar-refractivity contribution in [1.82, 2.24) is 9.97 Å². The maximum atomic E-state index is 14.2. The Hall–Kier alpha value is -2.55. The number of rotatable bonds is 10. The Bertz CT molecular complexity index is 1030. The predicted octanol–water partition coefficient (Wildman–Crippen LogP) is 8.09. The van der Waals surface area contributed by atoms with Crippen molar-refractivity contribution in [3.63, 3.8) is 0 Å². The average Bonchev–Trinajstić information content (AvgIpc) is 2.83. The predicted molar refractivity (Wildman–Crippen MR) is 136 cm³/mol. The lowest BCUT2D eigenvalue weighted by atomic mass is 9.85. The highest BCUT2D eigenvalue weighted by molar-refractivity contribution is 5.23. The third-order valence-corrected chi connectivity index (χ3v) is 7.41. The molecule has 3 aromatic rings. The van der Waals surface area contributed by atoms with Gasteiger partial charge in [-0.1, -0.05) is 71.9 Å². The number of benzene rings is 1. The fraction of sp³-hybridized carbons (Fsp3) is 0.467. The molecule has 0 aliphatic heterocycles. The van der Waals surface area contributed by atoms with E-state index in [1.54, 1.807) is 12.1 Å². The molecule has 3 rings (SSSR count). The molecule has 0 bridgehead atoms. The van der Waals surface area contributed by atoms with E-state index in [-0.39, 0.29) is 11.7 Å². The van der Waals surface area contributed by atoms with Crippen molar-refractivity contribution in [1.29, 1.82) is 0 Å². The Morgan fingerprint density at radius 1 is 0.667 bits per heavy atom. The van der Waals surface area contributed by atoms with Crippen LogP contribution in [-0.4, -0.2) is 9.97 Å². The van der Waals surface area contributed by atoms with Crippen molar-refractivity contribution in [3.8, 4) is 0 Å². The van der Waals surface area contributed by atoms with E-state index in [4.69, 9.17) is 9.97 Å². The van der Waals surface area contributed by atoms with Crippen LogP contribution in [0.15, 0.2) is 60.7 Å². The Kier molecular flexibility index (Phi) is 8.77. The van der Waals surface area contributed by atoms with Gasteiger partial charge in [-0.05, 0) is 78.8 Å². The van der Waals surface area contributed by atoms with Gasteiger partial charge in [0.15, 0.2) is 0 Å². The number of hydrogen-bond acceptors (Lipinski definition) is 2. The summed E-state index contributed by atoms with van der Waals surface area (Å²) in [6, 6.07) is 19.9. The molecule has 0 amide bonds. The molecule has 33 heavy (non-hydrogen) atoms. The van der Waals surface area contributed by atoms with E-state index in [2.05, 4.69) is 77.9 Å². The Balaban J connectivity index is 1.67. The smallest absolute Gasteiger partial charge is 0.126 e. The van der Waals surface area contributed by atoms with Crippen molar-refractivity contribution in [3.05, 3.63) is 94.8 Å². The average molecular weight is 447 g/mol. The molecule has 0 fully saturated rings. The molecule has 2 unspecified atom stereocenters. The van der Waals surface area contributed by atoms with E-state index in [1.165, 1.54) is 5.69 Å². The molecule has 2 heterocycles. The van der Waals surface area contributed by atoms with Crippen LogP contribution in [-0.2, 0) is 12.8 Å². The van der Waals surface area contributed by atoms with Crippen molar-refractivity contribution in [2.75, 3.05) is 0 Å². The summed E-state index contributed by atoms with van der Waals surface area (Å²) in [6.07, 6.45) is 2.88. The number of aromatic nitrogens is 2. The Morgan fingerprint density at radius 3 is 1.82 bits per heavy atom. The molecule has 0 aliphatic rings. The van der Waals surface area contributed by atoms with Crippen LogP contribution in [0, 0.1) is 17.7 Å². The zero-order chi connectivity index (χ0) is 24.0. The highest BCUT2D eigenvalue weighted by atomic mass is 19.1. The standard InChI is InChI=1S/C30H39FN2/c1-7-20(2)29-16-10-12-25(32-29)19-22(4)24(6)30-17-11-13-26(33-30)18-21(3)23(5)27-14-8-9-15-28(27)31/h8-17,20-24H,7,18-19H2,1-6H3/t20-,21?,22?,23-,24+/m1/s1. The molecule has 0 N–H and O–H groups in total. The summed E-state index contributed by atoms with van der Waals surface area (Å²) >= 11 is 0. The summed E-state index contributed by atoms with van der Waals surface area (Å²) in [4.78, 5) is 9.94. The van der Waals surface area contributed by atoms with E-state index in [9.17, 15) is 4.39 Å². The van der Waals surface area contributed by atoms with Gasteiger partial charge in [-0.25, -0.2) is 4.39 Å². The molecule has 0 aliphatic carbocycles. The van der Waals surface area contributed by atoms with Gasteiger partial charge in [-0.15, -0.1) is 0 Å². The van der Waals surface area contributed by atoms with Gasteiger partial charge < -0.3 is 0 Å². The summed E-state index contributed by atoms with van der Waals surface area (Å²) in [5.74, 6) is 1.57. The molecule has 0 saturated heterocycles. The van der Waals surface area contributed by atoms with Crippen LogP contribution in [0.2, 0.25) is 0 Å². The molecule has 0 spiro atoms. The van der Waals surface area contributed by atoms with E-state index in [0.717, 1.165) is 41.9 Å². The van der Waals surface area contributed by atoms with Crippen LogP contribution in [0.5, 0.6) is 0 Å². The summed E-state index contributed by atoms with van der Waals surface area (Å²) in [5, 5.41) is 0. The van der Waals surface area contributed by atoms with Crippen molar-refractivity contribution < 1.29 is 4.39 Å². The Morgan fingerprint density at radius 2 is 1.21 bits per heavy atom. The van der Waals surface area contributed by atoms with Crippen molar-refractivity contribution >= 4 is 0 Å². The first-order chi connectivity index (χ1) is 15.8. The first-order valence-electron chi connectivity index (χ1n) is 12.5. The molecule has 0 saturated carbocycles. The van der Waals surface area contributed by atoms with Crippen LogP contribution in [0.1, 0.15) is 94.1 Å². The topological polar surface area (TPSA) is 25.8 Å².